The molecule has 0 spiro atoms. The van der Waals surface area contributed by atoms with Crippen LogP contribution in [0.25, 0.3) is 0 Å². The zero-order valence-electron chi connectivity index (χ0n) is 10.5. The number of hydrogen-bond acceptors (Lipinski definition) is 2. The van der Waals surface area contributed by atoms with Gasteiger partial charge in [0.2, 0.25) is 0 Å². The molecule has 2 rings (SSSR count). The highest BCUT2D eigenvalue weighted by molar-refractivity contribution is 5.35. The molecular weight excluding hydrogens is 229 g/mol. The molecule has 0 amide bonds. The van der Waals surface area contributed by atoms with Crippen molar-refractivity contribution in [2.75, 3.05) is 7.05 Å². The Morgan fingerprint density at radius 1 is 1.11 bits per heavy atom. The number of nitrogens with one attached hydrogen (secondary N) is 1. The zero-order valence-corrected chi connectivity index (χ0v) is 10.5. The Balaban J connectivity index is 2.22. The zero-order chi connectivity index (χ0) is 13.0. The van der Waals surface area contributed by atoms with Gasteiger partial charge in [0.25, 0.3) is 0 Å². The van der Waals surface area contributed by atoms with Gasteiger partial charge in [-0.25, -0.2) is 4.39 Å². The fraction of sp³-hybridized carbons (Fsp3) is 0.200. The summed E-state index contributed by atoms with van der Waals surface area (Å²) in [6, 6.07) is 14.3. The first-order chi connectivity index (χ1) is 8.70. The van der Waals surface area contributed by atoms with Crippen molar-refractivity contribution in [3.63, 3.8) is 0 Å². The predicted molar refractivity (Wildman–Crippen MR) is 70.4 cm³/mol. The van der Waals surface area contributed by atoms with Gasteiger partial charge in [-0.2, -0.15) is 0 Å². The van der Waals surface area contributed by atoms with E-state index in [1.807, 2.05) is 31.3 Å². The first-order valence-corrected chi connectivity index (χ1v) is 5.90. The second-order valence-corrected chi connectivity index (χ2v) is 4.12. The fourth-order valence-corrected chi connectivity index (χ4v) is 1.67. The lowest BCUT2D eigenvalue weighted by Gasteiger charge is -2.12. The maximum absolute atomic E-state index is 13.5. The monoisotopic (exact) mass is 245 g/mol. The van der Waals surface area contributed by atoms with E-state index >= 15 is 0 Å². The van der Waals surface area contributed by atoms with Crippen LogP contribution in [0.1, 0.15) is 18.5 Å². The predicted octanol–water partition coefficient (Wildman–Crippen LogP) is 3.90. The number of halogens is 1. The van der Waals surface area contributed by atoms with E-state index in [0.29, 0.717) is 5.75 Å². The second kappa shape index (κ2) is 5.65. The van der Waals surface area contributed by atoms with Crippen LogP contribution in [0.15, 0.2) is 48.5 Å². The summed E-state index contributed by atoms with van der Waals surface area (Å²) in [4.78, 5) is 0. The number of hydrogen-bond donors (Lipinski definition) is 1. The van der Waals surface area contributed by atoms with Gasteiger partial charge in [0.15, 0.2) is 11.6 Å². The molecule has 0 radical (unpaired) electrons. The van der Waals surface area contributed by atoms with Crippen molar-refractivity contribution in [2.45, 2.75) is 13.0 Å². The Labute approximate surface area is 106 Å². The van der Waals surface area contributed by atoms with Crippen LogP contribution < -0.4 is 10.1 Å². The summed E-state index contributed by atoms with van der Waals surface area (Å²) in [5.41, 5.74) is 1.10. The average molecular weight is 245 g/mol. The molecule has 0 saturated heterocycles. The molecule has 2 aromatic rings. The molecule has 0 aliphatic rings. The third-order valence-corrected chi connectivity index (χ3v) is 2.86. The van der Waals surface area contributed by atoms with Gasteiger partial charge in [-0.3, -0.25) is 0 Å². The summed E-state index contributed by atoms with van der Waals surface area (Å²) in [5, 5.41) is 3.15. The van der Waals surface area contributed by atoms with E-state index < -0.39 is 0 Å². The van der Waals surface area contributed by atoms with Crippen molar-refractivity contribution in [2.24, 2.45) is 0 Å². The van der Waals surface area contributed by atoms with Crippen LogP contribution in [-0.2, 0) is 0 Å². The van der Waals surface area contributed by atoms with Gasteiger partial charge in [-0.05, 0) is 43.8 Å². The molecule has 1 atom stereocenters. The molecule has 2 aromatic carbocycles. The van der Waals surface area contributed by atoms with Gasteiger partial charge < -0.3 is 10.1 Å². The maximum Gasteiger partial charge on any atom is 0.165 e. The van der Waals surface area contributed by atoms with E-state index in [9.17, 15) is 4.39 Å². The first-order valence-electron chi connectivity index (χ1n) is 5.90. The Hall–Kier alpha value is -1.87. The lowest BCUT2D eigenvalue weighted by Crippen LogP contribution is -2.12. The highest BCUT2D eigenvalue weighted by atomic mass is 19.1. The molecule has 0 aliphatic carbocycles. The third-order valence-electron chi connectivity index (χ3n) is 2.86. The maximum atomic E-state index is 13.5. The van der Waals surface area contributed by atoms with Gasteiger partial charge in [0.05, 0.1) is 0 Å². The van der Waals surface area contributed by atoms with Crippen molar-refractivity contribution in [3.8, 4) is 11.5 Å². The first kappa shape index (κ1) is 12.6. The molecule has 1 unspecified atom stereocenters. The Morgan fingerprint density at radius 3 is 2.61 bits per heavy atom. The van der Waals surface area contributed by atoms with E-state index in [-0.39, 0.29) is 17.6 Å². The molecule has 94 valence electrons. The summed E-state index contributed by atoms with van der Waals surface area (Å²) in [5.74, 6) is 0.524. The number of rotatable bonds is 4. The number of para-hydroxylation sites is 1. The van der Waals surface area contributed by atoms with Gasteiger partial charge in [-0.15, -0.1) is 0 Å². The van der Waals surface area contributed by atoms with Crippen molar-refractivity contribution in [1.82, 2.24) is 5.32 Å². The highest BCUT2D eigenvalue weighted by Gasteiger charge is 2.06. The summed E-state index contributed by atoms with van der Waals surface area (Å²) in [6.45, 7) is 2.06. The number of ether oxygens (including phenoxy) is 1. The van der Waals surface area contributed by atoms with Crippen LogP contribution in [0.2, 0.25) is 0 Å². The summed E-state index contributed by atoms with van der Waals surface area (Å²) >= 11 is 0. The molecule has 2 nitrogen and oxygen atoms in total. The lowest BCUT2D eigenvalue weighted by molar-refractivity contribution is 0.441. The van der Waals surface area contributed by atoms with Crippen LogP contribution in [0.5, 0.6) is 11.5 Å². The fourth-order valence-electron chi connectivity index (χ4n) is 1.67. The van der Waals surface area contributed by atoms with Gasteiger partial charge in [0, 0.05) is 6.04 Å². The molecule has 0 aromatic heterocycles. The molecule has 0 bridgehead atoms. The van der Waals surface area contributed by atoms with Crippen molar-refractivity contribution >= 4 is 0 Å². The van der Waals surface area contributed by atoms with Crippen molar-refractivity contribution < 1.29 is 9.13 Å². The molecule has 3 heteroatoms. The Morgan fingerprint density at radius 2 is 1.89 bits per heavy atom. The smallest absolute Gasteiger partial charge is 0.165 e. The van der Waals surface area contributed by atoms with E-state index in [1.165, 1.54) is 6.07 Å². The van der Waals surface area contributed by atoms with E-state index in [2.05, 4.69) is 12.2 Å². The quantitative estimate of drug-likeness (QED) is 0.882. The minimum atomic E-state index is -0.357. The molecule has 0 saturated carbocycles. The number of benzene rings is 2. The standard InChI is InChI=1S/C15H16FNO/c1-11(17-2)12-6-5-7-13(10-12)18-15-9-4-3-8-14(15)16/h3-11,17H,1-2H3. The van der Waals surface area contributed by atoms with Crippen LogP contribution >= 0.6 is 0 Å². The SMILES string of the molecule is CNC(C)c1cccc(Oc2ccccc2F)c1. The van der Waals surface area contributed by atoms with Gasteiger partial charge >= 0.3 is 0 Å². The minimum absolute atomic E-state index is 0.231. The van der Waals surface area contributed by atoms with E-state index in [1.54, 1.807) is 18.2 Å². The third kappa shape index (κ3) is 2.87. The Bertz CT molecular complexity index is 527. The summed E-state index contributed by atoms with van der Waals surface area (Å²) < 4.78 is 19.0. The molecule has 0 heterocycles. The molecule has 0 aliphatic heterocycles. The normalized spacial score (nSPS) is 12.2. The van der Waals surface area contributed by atoms with Crippen LogP contribution in [0.4, 0.5) is 4.39 Å². The second-order valence-electron chi connectivity index (χ2n) is 4.12. The van der Waals surface area contributed by atoms with Gasteiger partial charge in [0.1, 0.15) is 5.75 Å². The Kier molecular flexibility index (Phi) is 3.95. The van der Waals surface area contributed by atoms with Crippen molar-refractivity contribution in [1.29, 1.82) is 0 Å². The van der Waals surface area contributed by atoms with E-state index in [0.717, 1.165) is 5.56 Å². The summed E-state index contributed by atoms with van der Waals surface area (Å²) in [6.07, 6.45) is 0. The molecule has 1 N–H and O–H groups in total. The minimum Gasteiger partial charge on any atom is -0.454 e. The summed E-state index contributed by atoms with van der Waals surface area (Å²) in [7, 11) is 1.90. The largest absolute Gasteiger partial charge is 0.454 e. The van der Waals surface area contributed by atoms with Crippen LogP contribution in [-0.4, -0.2) is 7.05 Å². The lowest BCUT2D eigenvalue weighted by atomic mass is 10.1. The van der Waals surface area contributed by atoms with E-state index in [4.69, 9.17) is 4.74 Å². The highest BCUT2D eigenvalue weighted by Crippen LogP contribution is 2.26. The van der Waals surface area contributed by atoms with Gasteiger partial charge in [-0.1, -0.05) is 24.3 Å². The topological polar surface area (TPSA) is 21.3 Å². The molecule has 18 heavy (non-hydrogen) atoms. The van der Waals surface area contributed by atoms with Crippen LogP contribution in [0.3, 0.4) is 0 Å². The van der Waals surface area contributed by atoms with Crippen LogP contribution in [0, 0.1) is 5.82 Å². The average Bonchev–Trinajstić information content (AvgIpc) is 2.41. The molecular formula is C15H16FNO. The molecule has 0 fully saturated rings. The van der Waals surface area contributed by atoms with Crippen molar-refractivity contribution in [3.05, 3.63) is 59.9 Å².